The van der Waals surface area contributed by atoms with Crippen LogP contribution in [-0.4, -0.2) is 53.0 Å². The molecule has 39 heavy (non-hydrogen) atoms. The predicted molar refractivity (Wildman–Crippen MR) is 150 cm³/mol. The summed E-state index contributed by atoms with van der Waals surface area (Å²) >= 11 is 7.35. The number of nitrogens with one attached hydrogen (secondary N) is 2. The Morgan fingerprint density at radius 2 is 1.95 bits per heavy atom. The molecule has 0 radical (unpaired) electrons. The van der Waals surface area contributed by atoms with Crippen molar-refractivity contribution in [3.05, 3.63) is 47.0 Å². The van der Waals surface area contributed by atoms with Crippen LogP contribution in [0.15, 0.2) is 36.4 Å². The van der Waals surface area contributed by atoms with Crippen LogP contribution in [0.2, 0.25) is 5.02 Å². The van der Waals surface area contributed by atoms with Crippen LogP contribution in [0.3, 0.4) is 0 Å². The van der Waals surface area contributed by atoms with Gasteiger partial charge in [0, 0.05) is 23.5 Å². The standard InChI is InChI=1S/C24H26ClN7O5S2/c1-23(2,27)12-28-20(34)30-21-29-17-10-15(7-8-18(17)38-21)32-22(39(35,36)37)31(19(33)24(32,3)4)14-6-5-13(11-26)16(25)9-14/h5-10,22H,12,27H2,1-4H3,(H,35,36,37)(H2,28,29,30,34). The minimum Gasteiger partial charge on any atom is -0.336 e. The molecule has 3 amide bonds. The Kier molecular flexibility index (Phi) is 7.26. The van der Waals surface area contributed by atoms with Crippen molar-refractivity contribution in [2.45, 2.75) is 44.3 Å². The number of amides is 3. The van der Waals surface area contributed by atoms with Gasteiger partial charge in [0.2, 0.25) is 5.50 Å². The zero-order valence-electron chi connectivity index (χ0n) is 21.4. The Hall–Kier alpha value is -3.48. The van der Waals surface area contributed by atoms with E-state index in [-0.39, 0.29) is 28.5 Å². The van der Waals surface area contributed by atoms with Crippen LogP contribution in [0.25, 0.3) is 10.2 Å². The lowest BCUT2D eigenvalue weighted by Crippen LogP contribution is -2.49. The molecule has 206 valence electrons. The predicted octanol–water partition coefficient (Wildman–Crippen LogP) is 3.48. The zero-order valence-corrected chi connectivity index (χ0v) is 23.8. The van der Waals surface area contributed by atoms with Gasteiger partial charge >= 0.3 is 16.1 Å². The largest absolute Gasteiger partial charge is 0.336 e. The molecule has 0 saturated carbocycles. The Morgan fingerprint density at radius 3 is 2.54 bits per heavy atom. The molecule has 1 saturated heterocycles. The molecular formula is C24H26ClN7O5S2. The molecule has 0 aliphatic carbocycles. The Bertz CT molecular complexity index is 1630. The number of benzene rings is 2. The number of nitrogens with two attached hydrogens (primary N) is 1. The van der Waals surface area contributed by atoms with Crippen LogP contribution >= 0.6 is 22.9 Å². The van der Waals surface area contributed by atoms with Gasteiger partial charge in [-0.05, 0) is 64.1 Å². The number of nitrogens with zero attached hydrogens (tertiary/aromatic N) is 4. The quantitative estimate of drug-likeness (QED) is 0.312. The highest BCUT2D eigenvalue weighted by atomic mass is 35.5. The molecular weight excluding hydrogens is 566 g/mol. The number of hydrogen-bond acceptors (Lipinski definition) is 9. The number of halogens is 1. The van der Waals surface area contributed by atoms with Crippen molar-refractivity contribution in [2.24, 2.45) is 5.73 Å². The zero-order chi connectivity index (χ0) is 28.9. The molecule has 0 spiro atoms. The molecule has 12 nitrogen and oxygen atoms in total. The van der Waals surface area contributed by atoms with Crippen molar-refractivity contribution in [1.29, 1.82) is 5.26 Å². The van der Waals surface area contributed by atoms with Crippen LogP contribution in [0.1, 0.15) is 33.3 Å². The van der Waals surface area contributed by atoms with Gasteiger partial charge < -0.3 is 16.0 Å². The Morgan fingerprint density at radius 1 is 1.28 bits per heavy atom. The van der Waals surface area contributed by atoms with Gasteiger partial charge in [0.25, 0.3) is 5.91 Å². The summed E-state index contributed by atoms with van der Waals surface area (Å²) in [5.74, 6) is -0.619. The van der Waals surface area contributed by atoms with E-state index in [0.29, 0.717) is 15.3 Å². The average Bonchev–Trinajstić information content (AvgIpc) is 3.31. The summed E-state index contributed by atoms with van der Waals surface area (Å²) in [5.41, 5.74) is 2.99. The second-order valence-corrected chi connectivity index (χ2v) is 13.1. The smallest absolute Gasteiger partial charge is 0.321 e. The second-order valence-electron chi connectivity index (χ2n) is 10.2. The third-order valence-electron chi connectivity index (χ3n) is 5.98. The van der Waals surface area contributed by atoms with Gasteiger partial charge in [-0.1, -0.05) is 22.9 Å². The number of aromatic nitrogens is 1. The second kappa shape index (κ2) is 9.92. The summed E-state index contributed by atoms with van der Waals surface area (Å²) in [7, 11) is -4.88. The minimum atomic E-state index is -4.88. The molecule has 4 rings (SSSR count). The fraction of sp³-hybridized carbons (Fsp3) is 0.333. The first-order chi connectivity index (χ1) is 18.0. The Balaban J connectivity index is 1.73. The maximum absolute atomic E-state index is 13.6. The summed E-state index contributed by atoms with van der Waals surface area (Å²) in [5, 5.41) is 14.8. The number of carbonyl (C=O) groups excluding carboxylic acids is 2. The number of fused-ring (bicyclic) bond motifs is 1. The number of hydrogen-bond donors (Lipinski definition) is 4. The molecule has 15 heteroatoms. The number of urea groups is 1. The van der Waals surface area contributed by atoms with Crippen LogP contribution in [0, 0.1) is 11.3 Å². The number of thiazole rings is 1. The van der Waals surface area contributed by atoms with E-state index in [2.05, 4.69) is 15.6 Å². The minimum absolute atomic E-state index is 0.0242. The first-order valence-corrected chi connectivity index (χ1v) is 14.3. The fourth-order valence-electron chi connectivity index (χ4n) is 4.16. The summed E-state index contributed by atoms with van der Waals surface area (Å²) in [6.45, 7) is 6.84. The highest BCUT2D eigenvalue weighted by Crippen LogP contribution is 2.42. The molecule has 1 aliphatic heterocycles. The maximum atomic E-state index is 13.6. The molecule has 5 N–H and O–H groups in total. The fourth-order valence-corrected chi connectivity index (χ4v) is 6.36. The summed E-state index contributed by atoms with van der Waals surface area (Å²) in [4.78, 5) is 32.4. The lowest BCUT2D eigenvalue weighted by atomic mass is 10.0. The van der Waals surface area contributed by atoms with Gasteiger partial charge in [-0.2, -0.15) is 13.7 Å². The van der Waals surface area contributed by atoms with E-state index in [4.69, 9.17) is 17.3 Å². The van der Waals surface area contributed by atoms with Gasteiger partial charge in [-0.3, -0.25) is 19.6 Å². The van der Waals surface area contributed by atoms with Gasteiger partial charge in [0.05, 0.1) is 20.8 Å². The van der Waals surface area contributed by atoms with Crippen molar-refractivity contribution in [1.82, 2.24) is 10.3 Å². The molecule has 1 atom stereocenters. The number of nitriles is 1. The summed E-state index contributed by atoms with van der Waals surface area (Å²) in [6, 6.07) is 10.3. The van der Waals surface area contributed by atoms with E-state index < -0.39 is 38.6 Å². The Labute approximate surface area is 234 Å². The van der Waals surface area contributed by atoms with Crippen LogP contribution in [0.5, 0.6) is 0 Å². The molecule has 1 fully saturated rings. The lowest BCUT2D eigenvalue weighted by Gasteiger charge is -2.34. The first kappa shape index (κ1) is 28.5. The van der Waals surface area contributed by atoms with Crippen LogP contribution in [-0.2, 0) is 14.9 Å². The molecule has 1 aromatic heterocycles. The molecule has 1 unspecified atom stereocenters. The van der Waals surface area contributed by atoms with E-state index in [9.17, 15) is 27.8 Å². The summed E-state index contributed by atoms with van der Waals surface area (Å²) < 4.78 is 36.4. The van der Waals surface area contributed by atoms with E-state index in [1.165, 1.54) is 48.3 Å². The van der Waals surface area contributed by atoms with Crippen LogP contribution in [0.4, 0.5) is 21.3 Å². The topological polar surface area (TPSA) is 182 Å². The van der Waals surface area contributed by atoms with Crippen molar-refractivity contribution in [2.75, 3.05) is 21.7 Å². The third-order valence-corrected chi connectivity index (χ3v) is 8.20. The van der Waals surface area contributed by atoms with Crippen LogP contribution < -0.4 is 26.2 Å². The van der Waals surface area contributed by atoms with Crippen molar-refractivity contribution in [3.63, 3.8) is 0 Å². The SMILES string of the molecule is CC(C)(N)CNC(=O)Nc1nc2cc(N3C(S(=O)(=O)O)N(c4ccc(C#N)c(Cl)c4)C(=O)C3(C)C)ccc2s1. The molecule has 3 aromatic rings. The third kappa shape index (κ3) is 5.63. The maximum Gasteiger partial charge on any atom is 0.321 e. The molecule has 2 heterocycles. The molecule has 0 bridgehead atoms. The summed E-state index contributed by atoms with van der Waals surface area (Å²) in [6.07, 6.45) is 0. The molecule has 1 aliphatic rings. The van der Waals surface area contributed by atoms with Crippen molar-refractivity contribution >= 4 is 71.7 Å². The highest BCUT2D eigenvalue weighted by molar-refractivity contribution is 7.86. The number of rotatable bonds is 6. The van der Waals surface area contributed by atoms with Gasteiger partial charge in [0.15, 0.2) is 5.13 Å². The number of carbonyl (C=O) groups is 2. The van der Waals surface area contributed by atoms with E-state index in [1.54, 1.807) is 32.0 Å². The normalized spacial score (nSPS) is 17.4. The number of anilines is 3. The molecule has 2 aromatic carbocycles. The average molecular weight is 592 g/mol. The van der Waals surface area contributed by atoms with Gasteiger partial charge in [-0.25, -0.2) is 9.78 Å². The van der Waals surface area contributed by atoms with E-state index >= 15 is 0 Å². The highest BCUT2D eigenvalue weighted by Gasteiger charge is 2.57. The first-order valence-electron chi connectivity index (χ1n) is 11.6. The van der Waals surface area contributed by atoms with Gasteiger partial charge in [0.1, 0.15) is 11.6 Å². The van der Waals surface area contributed by atoms with E-state index in [0.717, 1.165) is 4.90 Å². The lowest BCUT2D eigenvalue weighted by molar-refractivity contribution is -0.120. The van der Waals surface area contributed by atoms with Crippen molar-refractivity contribution in [3.8, 4) is 6.07 Å². The monoisotopic (exact) mass is 591 g/mol. The van der Waals surface area contributed by atoms with Crippen molar-refractivity contribution < 1.29 is 22.6 Å². The van der Waals surface area contributed by atoms with Gasteiger partial charge in [-0.15, -0.1) is 0 Å². The van der Waals surface area contributed by atoms with E-state index in [1.807, 2.05) is 6.07 Å².